The number of carbonyl (C=O) groups excluding carboxylic acids is 1. The van der Waals surface area contributed by atoms with Crippen LogP contribution in [0.25, 0.3) is 0 Å². The highest BCUT2D eigenvalue weighted by Crippen LogP contribution is 2.23. The van der Waals surface area contributed by atoms with Gasteiger partial charge in [0.2, 0.25) is 0 Å². The molecule has 3 rings (SSSR count). The summed E-state index contributed by atoms with van der Waals surface area (Å²) in [6, 6.07) is 13.5. The lowest BCUT2D eigenvalue weighted by molar-refractivity contribution is 0.102. The maximum Gasteiger partial charge on any atom is 0.257 e. The van der Waals surface area contributed by atoms with Crippen molar-refractivity contribution in [3.8, 4) is 5.75 Å². The Kier molecular flexibility index (Phi) is 7.06. The number of nitrogens with one attached hydrogen (secondary N) is 1. The number of ether oxygens (including phenoxy) is 1. The minimum atomic E-state index is -0.226. The molecule has 0 saturated heterocycles. The highest BCUT2D eigenvalue weighted by molar-refractivity contribution is 7.97. The number of rotatable bonds is 8. The summed E-state index contributed by atoms with van der Waals surface area (Å²) in [6.45, 7) is 3.91. The first-order chi connectivity index (χ1) is 13.5. The predicted molar refractivity (Wildman–Crippen MR) is 114 cm³/mol. The maximum absolute atomic E-state index is 12.9. The third-order valence-corrected chi connectivity index (χ3v) is 5.54. The molecule has 1 N–H and O–H groups in total. The summed E-state index contributed by atoms with van der Waals surface area (Å²) in [7, 11) is 0. The second-order valence-electron chi connectivity index (χ2n) is 6.41. The van der Waals surface area contributed by atoms with Crippen LogP contribution < -0.4 is 10.1 Å². The monoisotopic (exact) mass is 416 g/mol. The fourth-order valence-electron chi connectivity index (χ4n) is 2.41. The predicted octanol–water partition coefficient (Wildman–Crippen LogP) is 5.76. The van der Waals surface area contributed by atoms with E-state index in [0.29, 0.717) is 10.7 Å². The van der Waals surface area contributed by atoms with Crippen molar-refractivity contribution in [2.45, 2.75) is 31.5 Å². The van der Waals surface area contributed by atoms with E-state index in [1.165, 1.54) is 23.5 Å². The number of hydrogen-bond donors (Lipinski definition) is 1. The van der Waals surface area contributed by atoms with Crippen molar-refractivity contribution in [3.05, 3.63) is 76.5 Å². The molecule has 0 atom stereocenters. The van der Waals surface area contributed by atoms with Crippen molar-refractivity contribution >= 4 is 34.1 Å². The summed E-state index contributed by atoms with van der Waals surface area (Å²) in [5, 5.41) is 5.34. The standard InChI is InChI=1S/C21H21FN2O2S2/c1-14(2)26-19-9-5-16(6-10-19)20(25)24-21-23-18(13-28-21)12-27-11-15-3-7-17(22)8-4-15/h3-10,13-14H,11-12H2,1-2H3,(H,23,24,25). The van der Waals surface area contributed by atoms with Crippen LogP contribution in [0.5, 0.6) is 5.75 Å². The molecule has 1 aromatic heterocycles. The number of thioether (sulfide) groups is 1. The fraction of sp³-hybridized carbons (Fsp3) is 0.238. The van der Waals surface area contributed by atoms with Crippen molar-refractivity contribution < 1.29 is 13.9 Å². The van der Waals surface area contributed by atoms with Crippen molar-refractivity contribution in [1.29, 1.82) is 0 Å². The first-order valence-corrected chi connectivity index (χ1v) is 10.9. The average molecular weight is 417 g/mol. The number of nitrogens with zero attached hydrogens (tertiary/aromatic N) is 1. The molecule has 7 heteroatoms. The van der Waals surface area contributed by atoms with Crippen LogP contribution in [0.4, 0.5) is 9.52 Å². The van der Waals surface area contributed by atoms with E-state index in [1.54, 1.807) is 48.2 Å². The van der Waals surface area contributed by atoms with E-state index in [-0.39, 0.29) is 17.8 Å². The first kappa shape index (κ1) is 20.4. The molecule has 0 aliphatic carbocycles. The van der Waals surface area contributed by atoms with Crippen molar-refractivity contribution in [1.82, 2.24) is 4.98 Å². The summed E-state index contributed by atoms with van der Waals surface area (Å²) in [6.07, 6.45) is 0.0920. The second kappa shape index (κ2) is 9.71. The van der Waals surface area contributed by atoms with E-state index >= 15 is 0 Å². The van der Waals surface area contributed by atoms with Crippen molar-refractivity contribution in [3.63, 3.8) is 0 Å². The van der Waals surface area contributed by atoms with Crippen LogP contribution in [0.2, 0.25) is 0 Å². The summed E-state index contributed by atoms with van der Waals surface area (Å²) in [5.41, 5.74) is 2.53. The molecule has 4 nitrogen and oxygen atoms in total. The van der Waals surface area contributed by atoms with Gasteiger partial charge in [-0.1, -0.05) is 12.1 Å². The number of halogens is 1. The third-order valence-electron chi connectivity index (χ3n) is 3.69. The van der Waals surface area contributed by atoms with E-state index in [4.69, 9.17) is 4.74 Å². The van der Waals surface area contributed by atoms with Gasteiger partial charge in [0.1, 0.15) is 11.6 Å². The number of benzene rings is 2. The summed E-state index contributed by atoms with van der Waals surface area (Å²) in [5.74, 6) is 1.82. The Morgan fingerprint density at radius 2 is 1.86 bits per heavy atom. The lowest BCUT2D eigenvalue weighted by atomic mass is 10.2. The van der Waals surface area contributed by atoms with Gasteiger partial charge < -0.3 is 4.74 Å². The smallest absolute Gasteiger partial charge is 0.257 e. The number of thiazole rings is 1. The Hall–Kier alpha value is -2.38. The van der Waals surface area contributed by atoms with E-state index in [0.717, 1.165) is 28.5 Å². The van der Waals surface area contributed by atoms with Gasteiger partial charge in [0.15, 0.2) is 5.13 Å². The normalized spacial score (nSPS) is 10.9. The number of carbonyl (C=O) groups is 1. The molecule has 0 saturated carbocycles. The Morgan fingerprint density at radius 3 is 2.54 bits per heavy atom. The molecule has 0 bridgehead atoms. The van der Waals surface area contributed by atoms with Gasteiger partial charge in [-0.25, -0.2) is 9.37 Å². The van der Waals surface area contributed by atoms with Gasteiger partial charge in [0.05, 0.1) is 11.8 Å². The molecule has 0 fully saturated rings. The number of anilines is 1. The molecule has 0 spiro atoms. The van der Waals surface area contributed by atoms with Gasteiger partial charge >= 0.3 is 0 Å². The topological polar surface area (TPSA) is 51.2 Å². The molecule has 28 heavy (non-hydrogen) atoms. The molecule has 3 aromatic rings. The fourth-order valence-corrected chi connectivity index (χ4v) is 4.11. The van der Waals surface area contributed by atoms with Crippen LogP contribution in [0, 0.1) is 5.82 Å². The van der Waals surface area contributed by atoms with Crippen LogP contribution in [-0.4, -0.2) is 17.0 Å². The molecule has 0 aliphatic rings. The number of aromatic nitrogens is 1. The minimum Gasteiger partial charge on any atom is -0.491 e. The van der Waals surface area contributed by atoms with Gasteiger partial charge in [0.25, 0.3) is 5.91 Å². The lowest BCUT2D eigenvalue weighted by Gasteiger charge is -2.09. The Balaban J connectivity index is 1.49. The molecule has 0 aliphatic heterocycles. The van der Waals surface area contributed by atoms with Crippen LogP contribution in [0.1, 0.15) is 35.5 Å². The number of amides is 1. The molecular formula is C21H21FN2O2S2. The average Bonchev–Trinajstić information content (AvgIpc) is 3.10. The van der Waals surface area contributed by atoms with Crippen LogP contribution in [-0.2, 0) is 11.5 Å². The van der Waals surface area contributed by atoms with Gasteiger partial charge in [-0.2, -0.15) is 11.8 Å². The molecule has 1 heterocycles. The Bertz CT molecular complexity index is 909. The SMILES string of the molecule is CC(C)Oc1ccc(C(=O)Nc2nc(CSCc3ccc(F)cc3)cs2)cc1. The van der Waals surface area contributed by atoms with Crippen LogP contribution in [0.3, 0.4) is 0 Å². The van der Waals surface area contributed by atoms with Gasteiger partial charge in [0, 0.05) is 22.4 Å². The van der Waals surface area contributed by atoms with Crippen LogP contribution >= 0.6 is 23.1 Å². The Morgan fingerprint density at radius 1 is 1.14 bits per heavy atom. The molecule has 146 valence electrons. The summed E-state index contributed by atoms with van der Waals surface area (Å²) in [4.78, 5) is 16.8. The van der Waals surface area contributed by atoms with Gasteiger partial charge in [-0.05, 0) is 55.8 Å². The molecule has 0 unspecified atom stereocenters. The zero-order valence-corrected chi connectivity index (χ0v) is 17.3. The molecule has 2 aromatic carbocycles. The van der Waals surface area contributed by atoms with E-state index < -0.39 is 0 Å². The lowest BCUT2D eigenvalue weighted by Crippen LogP contribution is -2.12. The highest BCUT2D eigenvalue weighted by Gasteiger charge is 2.10. The van der Waals surface area contributed by atoms with Gasteiger partial charge in [-0.15, -0.1) is 11.3 Å². The van der Waals surface area contributed by atoms with E-state index in [9.17, 15) is 9.18 Å². The van der Waals surface area contributed by atoms with E-state index in [2.05, 4.69) is 10.3 Å². The van der Waals surface area contributed by atoms with Crippen molar-refractivity contribution in [2.24, 2.45) is 0 Å². The molecule has 1 amide bonds. The first-order valence-electron chi connectivity index (χ1n) is 8.84. The quantitative estimate of drug-likeness (QED) is 0.508. The Labute approximate surface area is 172 Å². The van der Waals surface area contributed by atoms with Crippen molar-refractivity contribution in [2.75, 3.05) is 5.32 Å². The summed E-state index contributed by atoms with van der Waals surface area (Å²) < 4.78 is 18.5. The zero-order valence-electron chi connectivity index (χ0n) is 15.6. The molecule has 0 radical (unpaired) electrons. The van der Waals surface area contributed by atoms with Crippen LogP contribution in [0.15, 0.2) is 53.9 Å². The number of hydrogen-bond acceptors (Lipinski definition) is 5. The second-order valence-corrected chi connectivity index (χ2v) is 8.25. The molecular weight excluding hydrogens is 395 g/mol. The maximum atomic E-state index is 12.9. The summed E-state index contributed by atoms with van der Waals surface area (Å²) >= 11 is 3.10. The van der Waals surface area contributed by atoms with E-state index in [1.807, 2.05) is 19.2 Å². The highest BCUT2D eigenvalue weighted by atomic mass is 32.2. The minimum absolute atomic E-state index is 0.0920. The third kappa shape index (κ3) is 6.07. The zero-order chi connectivity index (χ0) is 19.9. The largest absolute Gasteiger partial charge is 0.491 e. The van der Waals surface area contributed by atoms with Gasteiger partial charge in [-0.3, -0.25) is 10.1 Å².